The Morgan fingerprint density at radius 2 is 1.44 bits per heavy atom. The van der Waals surface area contributed by atoms with Crippen molar-refractivity contribution in [3.05, 3.63) is 12.2 Å². The molecular formula is C23H44O2. The standard InChI is InChI=1S/C23H44O2/c1-5-6-7-8-9-10-11-12-13-14-15-16-17-18-19-21(2)22-20-24-23(3,4)25-22/h17-18,21-22H,5-16,19-20H2,1-4H3/b18-17+/t21-,22-/m1/s1. The van der Waals surface area contributed by atoms with Crippen LogP contribution in [0.15, 0.2) is 12.2 Å². The lowest BCUT2D eigenvalue weighted by Crippen LogP contribution is -2.25. The van der Waals surface area contributed by atoms with Crippen molar-refractivity contribution in [3.63, 3.8) is 0 Å². The van der Waals surface area contributed by atoms with Gasteiger partial charge in [-0.15, -0.1) is 0 Å². The first-order valence-corrected chi connectivity index (χ1v) is 11.0. The van der Waals surface area contributed by atoms with Crippen LogP contribution in [0.1, 0.15) is 111 Å². The average Bonchev–Trinajstić information content (AvgIpc) is 2.95. The van der Waals surface area contributed by atoms with Gasteiger partial charge in [-0.05, 0) is 39.0 Å². The largest absolute Gasteiger partial charge is 0.348 e. The van der Waals surface area contributed by atoms with Crippen LogP contribution in [0.4, 0.5) is 0 Å². The summed E-state index contributed by atoms with van der Waals surface area (Å²) in [6.45, 7) is 9.29. The molecule has 0 saturated carbocycles. The van der Waals surface area contributed by atoms with Crippen LogP contribution in [-0.4, -0.2) is 18.5 Å². The van der Waals surface area contributed by atoms with Crippen LogP contribution in [0.3, 0.4) is 0 Å². The molecule has 1 fully saturated rings. The molecule has 2 heteroatoms. The fraction of sp³-hybridized carbons (Fsp3) is 0.913. The van der Waals surface area contributed by atoms with Crippen LogP contribution >= 0.6 is 0 Å². The summed E-state index contributed by atoms with van der Waals surface area (Å²) < 4.78 is 11.6. The molecule has 1 saturated heterocycles. The highest BCUT2D eigenvalue weighted by atomic mass is 16.7. The molecule has 1 aliphatic heterocycles. The molecule has 0 N–H and O–H groups in total. The van der Waals surface area contributed by atoms with E-state index >= 15 is 0 Å². The van der Waals surface area contributed by atoms with Gasteiger partial charge >= 0.3 is 0 Å². The van der Waals surface area contributed by atoms with Crippen molar-refractivity contribution in [2.45, 2.75) is 123 Å². The fourth-order valence-corrected chi connectivity index (χ4v) is 3.50. The molecule has 0 bridgehead atoms. The summed E-state index contributed by atoms with van der Waals surface area (Å²) in [5.41, 5.74) is 0. The summed E-state index contributed by atoms with van der Waals surface area (Å²) in [5, 5.41) is 0. The minimum atomic E-state index is -0.391. The summed E-state index contributed by atoms with van der Waals surface area (Å²) >= 11 is 0. The van der Waals surface area contributed by atoms with Gasteiger partial charge in [-0.25, -0.2) is 0 Å². The lowest BCUT2D eigenvalue weighted by atomic mass is 10.0. The second kappa shape index (κ2) is 13.8. The van der Waals surface area contributed by atoms with Gasteiger partial charge in [-0.3, -0.25) is 0 Å². The third kappa shape index (κ3) is 11.8. The highest BCUT2D eigenvalue weighted by molar-refractivity contribution is 4.86. The van der Waals surface area contributed by atoms with Crippen LogP contribution in [0.5, 0.6) is 0 Å². The predicted octanol–water partition coefficient (Wildman–Crippen LogP) is 7.42. The molecule has 0 unspecified atom stereocenters. The summed E-state index contributed by atoms with van der Waals surface area (Å²) in [5.74, 6) is 0.147. The van der Waals surface area contributed by atoms with E-state index in [0.717, 1.165) is 13.0 Å². The van der Waals surface area contributed by atoms with Gasteiger partial charge in [-0.2, -0.15) is 0 Å². The van der Waals surface area contributed by atoms with Crippen LogP contribution in [0, 0.1) is 5.92 Å². The highest BCUT2D eigenvalue weighted by Gasteiger charge is 2.35. The van der Waals surface area contributed by atoms with E-state index in [1.807, 2.05) is 13.8 Å². The maximum Gasteiger partial charge on any atom is 0.163 e. The molecule has 0 aliphatic carbocycles. The molecule has 2 atom stereocenters. The van der Waals surface area contributed by atoms with Gasteiger partial charge in [0.1, 0.15) is 0 Å². The second-order valence-corrected chi connectivity index (χ2v) is 8.38. The molecule has 0 aromatic heterocycles. The number of hydrogen-bond acceptors (Lipinski definition) is 2. The predicted molar refractivity (Wildman–Crippen MR) is 109 cm³/mol. The maximum atomic E-state index is 5.92. The van der Waals surface area contributed by atoms with E-state index in [4.69, 9.17) is 9.47 Å². The average molecular weight is 353 g/mol. The zero-order chi connectivity index (χ0) is 18.4. The van der Waals surface area contributed by atoms with E-state index in [0.29, 0.717) is 5.92 Å². The molecular weight excluding hydrogens is 308 g/mol. The Morgan fingerprint density at radius 1 is 0.880 bits per heavy atom. The molecule has 0 spiro atoms. The van der Waals surface area contributed by atoms with E-state index in [-0.39, 0.29) is 6.10 Å². The molecule has 0 amide bonds. The number of rotatable bonds is 15. The van der Waals surface area contributed by atoms with E-state index in [2.05, 4.69) is 26.0 Å². The highest BCUT2D eigenvalue weighted by Crippen LogP contribution is 2.28. The van der Waals surface area contributed by atoms with Crippen LogP contribution in [-0.2, 0) is 9.47 Å². The molecule has 1 aliphatic rings. The lowest BCUT2D eigenvalue weighted by molar-refractivity contribution is -0.143. The third-order valence-corrected chi connectivity index (χ3v) is 5.31. The first kappa shape index (κ1) is 22.7. The minimum absolute atomic E-state index is 0.252. The number of ether oxygens (including phenoxy) is 2. The lowest BCUT2D eigenvalue weighted by Gasteiger charge is -2.20. The number of unbranched alkanes of at least 4 members (excludes halogenated alkanes) is 11. The van der Waals surface area contributed by atoms with Crippen molar-refractivity contribution in [3.8, 4) is 0 Å². The Bertz CT molecular complexity index is 335. The Kier molecular flexibility index (Phi) is 12.5. The Morgan fingerprint density at radius 3 is 1.96 bits per heavy atom. The first-order valence-electron chi connectivity index (χ1n) is 11.0. The van der Waals surface area contributed by atoms with Gasteiger partial charge in [0, 0.05) is 0 Å². The van der Waals surface area contributed by atoms with Gasteiger partial charge < -0.3 is 9.47 Å². The van der Waals surface area contributed by atoms with Crippen molar-refractivity contribution in [1.82, 2.24) is 0 Å². The first-order chi connectivity index (χ1) is 12.0. The Labute approximate surface area is 157 Å². The summed E-state index contributed by atoms with van der Waals surface area (Å²) in [6.07, 6.45) is 22.9. The third-order valence-electron chi connectivity index (χ3n) is 5.31. The van der Waals surface area contributed by atoms with Crippen LogP contribution in [0.2, 0.25) is 0 Å². The summed E-state index contributed by atoms with van der Waals surface area (Å²) in [4.78, 5) is 0. The molecule has 0 aromatic carbocycles. The Hall–Kier alpha value is -0.340. The van der Waals surface area contributed by atoms with Gasteiger partial charge in [-0.1, -0.05) is 90.2 Å². The minimum Gasteiger partial charge on any atom is -0.348 e. The van der Waals surface area contributed by atoms with Crippen LogP contribution < -0.4 is 0 Å². The zero-order valence-corrected chi connectivity index (χ0v) is 17.5. The molecule has 1 heterocycles. The molecule has 0 aromatic rings. The quantitative estimate of drug-likeness (QED) is 0.225. The zero-order valence-electron chi connectivity index (χ0n) is 17.5. The molecule has 0 radical (unpaired) electrons. The topological polar surface area (TPSA) is 18.5 Å². The van der Waals surface area contributed by atoms with Gasteiger partial charge in [0.2, 0.25) is 0 Å². The van der Waals surface area contributed by atoms with Gasteiger partial charge in [0.15, 0.2) is 5.79 Å². The maximum absolute atomic E-state index is 5.92. The number of allylic oxidation sites excluding steroid dienone is 2. The molecule has 25 heavy (non-hydrogen) atoms. The monoisotopic (exact) mass is 352 g/mol. The van der Waals surface area contributed by atoms with E-state index in [1.54, 1.807) is 0 Å². The van der Waals surface area contributed by atoms with E-state index in [1.165, 1.54) is 77.0 Å². The van der Waals surface area contributed by atoms with E-state index in [9.17, 15) is 0 Å². The molecule has 1 rings (SSSR count). The van der Waals surface area contributed by atoms with Crippen LogP contribution in [0.25, 0.3) is 0 Å². The van der Waals surface area contributed by atoms with Crippen molar-refractivity contribution in [2.75, 3.05) is 6.61 Å². The Balaban J connectivity index is 1.85. The fourth-order valence-electron chi connectivity index (χ4n) is 3.50. The van der Waals surface area contributed by atoms with Crippen molar-refractivity contribution in [2.24, 2.45) is 5.92 Å². The molecule has 148 valence electrons. The summed E-state index contributed by atoms with van der Waals surface area (Å²) in [6, 6.07) is 0. The van der Waals surface area contributed by atoms with Gasteiger partial charge in [0.05, 0.1) is 12.7 Å². The van der Waals surface area contributed by atoms with E-state index < -0.39 is 5.79 Å². The normalized spacial score (nSPS) is 21.2. The van der Waals surface area contributed by atoms with Crippen molar-refractivity contribution < 1.29 is 9.47 Å². The number of hydrogen-bond donors (Lipinski definition) is 0. The second-order valence-electron chi connectivity index (χ2n) is 8.38. The SMILES string of the molecule is CCCCCCCCCCCCC/C=C/C[C@@H](C)[C@H]1COC(C)(C)O1. The molecule has 2 nitrogen and oxygen atoms in total. The summed E-state index contributed by atoms with van der Waals surface area (Å²) in [7, 11) is 0. The van der Waals surface area contributed by atoms with Crippen molar-refractivity contribution >= 4 is 0 Å². The van der Waals surface area contributed by atoms with Gasteiger partial charge in [0.25, 0.3) is 0 Å². The smallest absolute Gasteiger partial charge is 0.163 e. The van der Waals surface area contributed by atoms with Crippen molar-refractivity contribution in [1.29, 1.82) is 0 Å².